The Balaban J connectivity index is 2.79. The van der Waals surface area contributed by atoms with Crippen molar-refractivity contribution in [1.82, 2.24) is 5.01 Å². The van der Waals surface area contributed by atoms with Crippen molar-refractivity contribution < 1.29 is 9.18 Å². The van der Waals surface area contributed by atoms with E-state index in [1.807, 2.05) is 13.8 Å². The Labute approximate surface area is 151 Å². The van der Waals surface area contributed by atoms with Crippen molar-refractivity contribution in [1.29, 1.82) is 0 Å². The van der Waals surface area contributed by atoms with Gasteiger partial charge in [-0.15, -0.1) is 11.5 Å². The van der Waals surface area contributed by atoms with Gasteiger partial charge in [0.1, 0.15) is 11.5 Å². The largest absolute Gasteiger partial charge is 0.298 e. The molecular formula is C19H17ClFN3O. The zero-order valence-corrected chi connectivity index (χ0v) is 14.7. The molecule has 0 saturated carbocycles. The second kappa shape index (κ2) is 8.41. The Kier molecular flexibility index (Phi) is 6.26. The van der Waals surface area contributed by atoms with E-state index in [9.17, 15) is 9.18 Å². The van der Waals surface area contributed by atoms with Crippen LogP contribution >= 0.6 is 11.6 Å². The molecule has 2 rings (SSSR count). The number of carbonyl (C=O) groups excluding carboxylic acids is 1. The summed E-state index contributed by atoms with van der Waals surface area (Å²) in [5.41, 5.74) is 1.73. The normalized spacial score (nSPS) is 10.7. The third kappa shape index (κ3) is 4.04. The van der Waals surface area contributed by atoms with E-state index in [1.165, 1.54) is 18.2 Å². The van der Waals surface area contributed by atoms with Gasteiger partial charge >= 0.3 is 0 Å². The van der Waals surface area contributed by atoms with Crippen LogP contribution in [-0.4, -0.2) is 24.4 Å². The summed E-state index contributed by atoms with van der Waals surface area (Å²) in [5, 5.41) is 10.3. The van der Waals surface area contributed by atoms with Gasteiger partial charge in [-0.3, -0.25) is 9.80 Å². The third-order valence-electron chi connectivity index (χ3n) is 3.67. The highest BCUT2D eigenvalue weighted by atomic mass is 35.5. The maximum atomic E-state index is 13.7. The predicted molar refractivity (Wildman–Crippen MR) is 97.6 cm³/mol. The fourth-order valence-electron chi connectivity index (χ4n) is 2.39. The molecule has 0 amide bonds. The van der Waals surface area contributed by atoms with Crippen LogP contribution in [0.4, 0.5) is 10.1 Å². The van der Waals surface area contributed by atoms with E-state index >= 15 is 0 Å². The standard InChI is InChI=1S/C19H17ClFN3O/c1-4-16-17(20)11-14(12-25)18(13-8-7-9-15(21)10-13)19(16)22-23-24(5-2)6-3/h1,7-12H,5-6H2,2-3H3. The monoisotopic (exact) mass is 357 g/mol. The fourth-order valence-corrected chi connectivity index (χ4v) is 2.65. The number of halogens is 2. The smallest absolute Gasteiger partial charge is 0.150 e. The van der Waals surface area contributed by atoms with Crippen LogP contribution in [0.25, 0.3) is 11.1 Å². The van der Waals surface area contributed by atoms with Gasteiger partial charge in [-0.05, 0) is 37.6 Å². The number of benzene rings is 2. The lowest BCUT2D eigenvalue weighted by molar-refractivity contribution is 0.112. The molecule has 0 aliphatic heterocycles. The zero-order chi connectivity index (χ0) is 18.4. The lowest BCUT2D eigenvalue weighted by atomic mass is 9.95. The Morgan fingerprint density at radius 3 is 2.60 bits per heavy atom. The van der Waals surface area contributed by atoms with Crippen LogP contribution < -0.4 is 0 Å². The number of hydrogen-bond acceptors (Lipinski definition) is 3. The van der Waals surface area contributed by atoms with Crippen molar-refractivity contribution in [3.63, 3.8) is 0 Å². The Bertz CT molecular complexity index is 854. The summed E-state index contributed by atoms with van der Waals surface area (Å²) in [6, 6.07) is 7.32. The summed E-state index contributed by atoms with van der Waals surface area (Å²) in [7, 11) is 0. The van der Waals surface area contributed by atoms with Gasteiger partial charge in [-0.2, -0.15) is 0 Å². The van der Waals surface area contributed by atoms with Crippen LogP contribution in [-0.2, 0) is 0 Å². The van der Waals surface area contributed by atoms with Gasteiger partial charge in [-0.1, -0.05) is 34.9 Å². The van der Waals surface area contributed by atoms with Gasteiger partial charge < -0.3 is 0 Å². The molecule has 0 aromatic heterocycles. The first-order valence-electron chi connectivity index (χ1n) is 7.76. The maximum Gasteiger partial charge on any atom is 0.150 e. The van der Waals surface area contributed by atoms with Crippen molar-refractivity contribution in [2.75, 3.05) is 13.1 Å². The number of rotatable bonds is 6. The number of carbonyl (C=O) groups is 1. The molecule has 2 aromatic rings. The molecule has 0 bridgehead atoms. The molecule has 0 radical (unpaired) electrons. The first-order valence-corrected chi connectivity index (χ1v) is 8.14. The minimum absolute atomic E-state index is 0.221. The van der Waals surface area contributed by atoms with Gasteiger partial charge in [-0.25, -0.2) is 4.39 Å². The van der Waals surface area contributed by atoms with Crippen molar-refractivity contribution in [3.8, 4) is 23.5 Å². The predicted octanol–water partition coefficient (Wildman–Crippen LogP) is 5.28. The summed E-state index contributed by atoms with van der Waals surface area (Å²) < 4.78 is 13.7. The van der Waals surface area contributed by atoms with Crippen LogP contribution in [0.5, 0.6) is 0 Å². The highest BCUT2D eigenvalue weighted by molar-refractivity contribution is 6.33. The lowest BCUT2D eigenvalue weighted by Gasteiger charge is -2.15. The molecule has 0 unspecified atom stereocenters. The molecule has 0 aliphatic rings. The van der Waals surface area contributed by atoms with Crippen LogP contribution in [0.2, 0.25) is 5.02 Å². The molecule has 0 N–H and O–H groups in total. The van der Waals surface area contributed by atoms with Gasteiger partial charge in [0.25, 0.3) is 0 Å². The first kappa shape index (κ1) is 18.6. The molecule has 6 heteroatoms. The highest BCUT2D eigenvalue weighted by Crippen LogP contribution is 2.40. The van der Waals surface area contributed by atoms with Gasteiger partial charge in [0, 0.05) is 24.2 Å². The topological polar surface area (TPSA) is 45.0 Å². The van der Waals surface area contributed by atoms with E-state index in [2.05, 4.69) is 16.3 Å². The van der Waals surface area contributed by atoms with Crippen molar-refractivity contribution in [2.45, 2.75) is 13.8 Å². The molecule has 2 aromatic carbocycles. The van der Waals surface area contributed by atoms with E-state index < -0.39 is 5.82 Å². The molecule has 0 heterocycles. The number of aldehydes is 1. The molecule has 0 aliphatic carbocycles. The summed E-state index contributed by atoms with van der Waals surface area (Å²) in [4.78, 5) is 11.6. The second-order valence-corrected chi connectivity index (χ2v) is 5.55. The van der Waals surface area contributed by atoms with E-state index in [0.29, 0.717) is 36.1 Å². The highest BCUT2D eigenvalue weighted by Gasteiger charge is 2.18. The average Bonchev–Trinajstić information content (AvgIpc) is 2.62. The summed E-state index contributed by atoms with van der Waals surface area (Å²) in [6.45, 7) is 5.18. The molecule has 0 atom stereocenters. The number of hydrogen-bond donors (Lipinski definition) is 0. The minimum atomic E-state index is -0.432. The molecular weight excluding hydrogens is 341 g/mol. The third-order valence-corrected chi connectivity index (χ3v) is 3.97. The molecule has 25 heavy (non-hydrogen) atoms. The molecule has 0 fully saturated rings. The van der Waals surface area contributed by atoms with Crippen molar-refractivity contribution in [3.05, 3.63) is 52.3 Å². The van der Waals surface area contributed by atoms with Crippen molar-refractivity contribution >= 4 is 23.6 Å². The second-order valence-electron chi connectivity index (χ2n) is 5.15. The molecule has 0 spiro atoms. The molecule has 0 saturated heterocycles. The molecule has 128 valence electrons. The Hall–Kier alpha value is -2.71. The number of terminal acetylenes is 1. The average molecular weight is 358 g/mol. The Morgan fingerprint density at radius 1 is 1.32 bits per heavy atom. The maximum absolute atomic E-state index is 13.7. The Morgan fingerprint density at radius 2 is 2.04 bits per heavy atom. The van der Waals surface area contributed by atoms with Gasteiger partial charge in [0.15, 0.2) is 6.29 Å². The summed E-state index contributed by atoms with van der Waals surface area (Å²) in [5.74, 6) is 2.05. The fraction of sp³-hybridized carbons (Fsp3) is 0.211. The minimum Gasteiger partial charge on any atom is -0.298 e. The van der Waals surface area contributed by atoms with E-state index in [0.717, 1.165) is 0 Å². The summed E-state index contributed by atoms with van der Waals surface area (Å²) in [6.07, 6.45) is 6.22. The first-order chi connectivity index (χ1) is 12.0. The molecule has 4 nitrogen and oxygen atoms in total. The van der Waals surface area contributed by atoms with Crippen LogP contribution in [0.3, 0.4) is 0 Å². The van der Waals surface area contributed by atoms with Gasteiger partial charge in [0.2, 0.25) is 0 Å². The quantitative estimate of drug-likeness (QED) is 0.305. The van der Waals surface area contributed by atoms with Crippen molar-refractivity contribution in [2.24, 2.45) is 10.3 Å². The van der Waals surface area contributed by atoms with Crippen LogP contribution in [0.15, 0.2) is 40.7 Å². The summed E-state index contributed by atoms with van der Waals surface area (Å²) >= 11 is 6.20. The van der Waals surface area contributed by atoms with Gasteiger partial charge in [0.05, 0.1) is 10.6 Å². The lowest BCUT2D eigenvalue weighted by Crippen LogP contribution is -2.14. The van der Waals surface area contributed by atoms with E-state index in [4.69, 9.17) is 18.0 Å². The SMILES string of the molecule is C#Cc1c(Cl)cc(C=O)c(-c2cccc(F)c2)c1N=NN(CC)CC. The van der Waals surface area contributed by atoms with Crippen LogP contribution in [0, 0.1) is 18.2 Å². The van der Waals surface area contributed by atoms with E-state index in [-0.39, 0.29) is 16.3 Å². The van der Waals surface area contributed by atoms with Crippen LogP contribution in [0.1, 0.15) is 29.8 Å². The number of nitrogens with zero attached hydrogens (tertiary/aromatic N) is 3. The van der Waals surface area contributed by atoms with E-state index in [1.54, 1.807) is 17.1 Å². The zero-order valence-electron chi connectivity index (χ0n) is 14.0.